The molecule has 0 fully saturated rings. The molecule has 0 aromatic heterocycles. The SMILES string of the molecule is CN(C)C(CN)COc1cccc(Cl)c1. The lowest BCUT2D eigenvalue weighted by molar-refractivity contribution is 0.190. The second-order valence-corrected chi connectivity index (χ2v) is 4.06. The van der Waals surface area contributed by atoms with Crippen LogP contribution in [0.5, 0.6) is 5.75 Å². The smallest absolute Gasteiger partial charge is 0.120 e. The van der Waals surface area contributed by atoms with Crippen molar-refractivity contribution in [1.29, 1.82) is 0 Å². The summed E-state index contributed by atoms with van der Waals surface area (Å²) in [5.74, 6) is 0.780. The highest BCUT2D eigenvalue weighted by molar-refractivity contribution is 6.30. The maximum absolute atomic E-state index is 5.84. The van der Waals surface area contributed by atoms with E-state index >= 15 is 0 Å². The second kappa shape index (κ2) is 5.95. The number of nitrogens with two attached hydrogens (primary N) is 1. The fraction of sp³-hybridized carbons (Fsp3) is 0.455. The maximum Gasteiger partial charge on any atom is 0.120 e. The topological polar surface area (TPSA) is 38.5 Å². The summed E-state index contributed by atoms with van der Waals surface area (Å²) in [5, 5.41) is 0.682. The third-order valence-electron chi connectivity index (χ3n) is 2.24. The molecule has 0 aliphatic heterocycles. The zero-order valence-corrected chi connectivity index (χ0v) is 9.87. The van der Waals surface area contributed by atoms with Crippen LogP contribution in [0.25, 0.3) is 0 Å². The Hall–Kier alpha value is -0.770. The Morgan fingerprint density at radius 1 is 1.47 bits per heavy atom. The van der Waals surface area contributed by atoms with E-state index in [1.807, 2.05) is 37.2 Å². The number of hydrogen-bond donors (Lipinski definition) is 1. The first-order valence-electron chi connectivity index (χ1n) is 4.88. The zero-order valence-electron chi connectivity index (χ0n) is 9.11. The molecule has 0 radical (unpaired) electrons. The number of halogens is 1. The Balaban J connectivity index is 2.49. The van der Waals surface area contributed by atoms with Crippen molar-refractivity contribution in [3.05, 3.63) is 29.3 Å². The molecule has 2 N–H and O–H groups in total. The second-order valence-electron chi connectivity index (χ2n) is 3.62. The monoisotopic (exact) mass is 228 g/mol. The molecular formula is C11H17ClN2O. The van der Waals surface area contributed by atoms with E-state index in [-0.39, 0.29) is 6.04 Å². The summed E-state index contributed by atoms with van der Waals surface area (Å²) in [4.78, 5) is 2.05. The van der Waals surface area contributed by atoms with Gasteiger partial charge in [-0.15, -0.1) is 0 Å². The minimum Gasteiger partial charge on any atom is -0.492 e. The van der Waals surface area contributed by atoms with Crippen molar-refractivity contribution >= 4 is 11.6 Å². The van der Waals surface area contributed by atoms with E-state index in [1.54, 1.807) is 6.07 Å². The van der Waals surface area contributed by atoms with Gasteiger partial charge in [0.2, 0.25) is 0 Å². The van der Waals surface area contributed by atoms with E-state index in [4.69, 9.17) is 22.1 Å². The standard InChI is InChI=1S/C11H17ClN2O/c1-14(2)10(7-13)8-15-11-5-3-4-9(12)6-11/h3-6,10H,7-8,13H2,1-2H3. The van der Waals surface area contributed by atoms with E-state index < -0.39 is 0 Å². The zero-order chi connectivity index (χ0) is 11.3. The molecule has 1 unspecified atom stereocenters. The average molecular weight is 229 g/mol. The van der Waals surface area contributed by atoms with Gasteiger partial charge < -0.3 is 15.4 Å². The third-order valence-corrected chi connectivity index (χ3v) is 2.48. The quantitative estimate of drug-likeness (QED) is 0.832. The van der Waals surface area contributed by atoms with Gasteiger partial charge in [0.25, 0.3) is 0 Å². The number of hydrogen-bond acceptors (Lipinski definition) is 3. The Morgan fingerprint density at radius 3 is 2.73 bits per heavy atom. The van der Waals surface area contributed by atoms with Gasteiger partial charge >= 0.3 is 0 Å². The fourth-order valence-electron chi connectivity index (χ4n) is 1.18. The lowest BCUT2D eigenvalue weighted by Crippen LogP contribution is -2.39. The van der Waals surface area contributed by atoms with Crippen LogP contribution in [0.2, 0.25) is 5.02 Å². The molecule has 1 aromatic rings. The predicted molar refractivity (Wildman–Crippen MR) is 63.5 cm³/mol. The van der Waals surface area contributed by atoms with Crippen LogP contribution in [-0.4, -0.2) is 38.2 Å². The van der Waals surface area contributed by atoms with Gasteiger partial charge in [-0.3, -0.25) is 0 Å². The van der Waals surface area contributed by atoms with Crippen LogP contribution in [0.1, 0.15) is 0 Å². The van der Waals surface area contributed by atoms with E-state index in [2.05, 4.69) is 0 Å². The molecule has 0 aliphatic rings. The molecule has 0 saturated heterocycles. The summed E-state index contributed by atoms with van der Waals surface area (Å²) in [6.07, 6.45) is 0. The Labute approximate surface area is 95.8 Å². The minimum atomic E-state index is 0.226. The van der Waals surface area contributed by atoms with Crippen molar-refractivity contribution in [2.24, 2.45) is 5.73 Å². The molecular weight excluding hydrogens is 212 g/mol. The largest absolute Gasteiger partial charge is 0.492 e. The molecule has 0 saturated carbocycles. The van der Waals surface area contributed by atoms with Crippen molar-refractivity contribution in [2.45, 2.75) is 6.04 Å². The van der Waals surface area contributed by atoms with E-state index in [0.29, 0.717) is 18.2 Å². The number of nitrogens with zero attached hydrogens (tertiary/aromatic N) is 1. The Bertz CT molecular complexity index is 304. The maximum atomic E-state index is 5.84. The summed E-state index contributed by atoms with van der Waals surface area (Å²) in [6, 6.07) is 7.59. The highest BCUT2D eigenvalue weighted by Crippen LogP contribution is 2.17. The van der Waals surface area contributed by atoms with Crippen LogP contribution in [0, 0.1) is 0 Å². The average Bonchev–Trinajstić information content (AvgIpc) is 2.18. The lowest BCUT2D eigenvalue weighted by atomic mass is 10.3. The van der Waals surface area contributed by atoms with E-state index in [0.717, 1.165) is 5.75 Å². The van der Waals surface area contributed by atoms with Gasteiger partial charge in [0, 0.05) is 11.6 Å². The van der Waals surface area contributed by atoms with Gasteiger partial charge in [-0.1, -0.05) is 17.7 Å². The lowest BCUT2D eigenvalue weighted by Gasteiger charge is -2.22. The molecule has 1 aromatic carbocycles. The van der Waals surface area contributed by atoms with Gasteiger partial charge in [-0.2, -0.15) is 0 Å². The van der Waals surface area contributed by atoms with Crippen molar-refractivity contribution < 1.29 is 4.74 Å². The molecule has 0 spiro atoms. The van der Waals surface area contributed by atoms with Crippen LogP contribution in [-0.2, 0) is 0 Å². The highest BCUT2D eigenvalue weighted by Gasteiger charge is 2.09. The van der Waals surface area contributed by atoms with Gasteiger partial charge in [0.1, 0.15) is 12.4 Å². The minimum absolute atomic E-state index is 0.226. The number of rotatable bonds is 5. The Kier molecular flexibility index (Phi) is 4.88. The molecule has 0 heterocycles. The van der Waals surface area contributed by atoms with Gasteiger partial charge in [0.15, 0.2) is 0 Å². The summed E-state index contributed by atoms with van der Waals surface area (Å²) in [5.41, 5.74) is 5.62. The first-order chi connectivity index (χ1) is 7.13. The van der Waals surface area contributed by atoms with Gasteiger partial charge in [-0.25, -0.2) is 0 Å². The molecule has 4 heteroatoms. The highest BCUT2D eigenvalue weighted by atomic mass is 35.5. The number of ether oxygens (including phenoxy) is 1. The third kappa shape index (κ3) is 4.08. The summed E-state index contributed by atoms with van der Waals surface area (Å²) in [6.45, 7) is 1.15. The van der Waals surface area contributed by atoms with Crippen molar-refractivity contribution in [2.75, 3.05) is 27.2 Å². The van der Waals surface area contributed by atoms with Crippen LogP contribution in [0.3, 0.4) is 0 Å². The molecule has 0 bridgehead atoms. The van der Waals surface area contributed by atoms with Crippen molar-refractivity contribution in [3.8, 4) is 5.75 Å². The summed E-state index contributed by atoms with van der Waals surface area (Å²) in [7, 11) is 3.97. The number of benzene rings is 1. The normalized spacial score (nSPS) is 12.9. The molecule has 1 atom stereocenters. The van der Waals surface area contributed by atoms with E-state index in [9.17, 15) is 0 Å². The molecule has 15 heavy (non-hydrogen) atoms. The molecule has 1 rings (SSSR count). The van der Waals surface area contributed by atoms with Crippen LogP contribution in [0.15, 0.2) is 24.3 Å². The summed E-state index contributed by atoms with van der Waals surface area (Å²) < 4.78 is 5.60. The van der Waals surface area contributed by atoms with Crippen molar-refractivity contribution in [3.63, 3.8) is 0 Å². The van der Waals surface area contributed by atoms with E-state index in [1.165, 1.54) is 0 Å². The molecule has 84 valence electrons. The number of likely N-dealkylation sites (N-methyl/N-ethyl adjacent to an activating group) is 1. The van der Waals surface area contributed by atoms with Crippen LogP contribution in [0.4, 0.5) is 0 Å². The fourth-order valence-corrected chi connectivity index (χ4v) is 1.36. The van der Waals surface area contributed by atoms with Gasteiger partial charge in [-0.05, 0) is 32.3 Å². The Morgan fingerprint density at radius 2 is 2.20 bits per heavy atom. The van der Waals surface area contributed by atoms with Crippen LogP contribution < -0.4 is 10.5 Å². The van der Waals surface area contributed by atoms with Crippen LogP contribution >= 0.6 is 11.6 Å². The first-order valence-corrected chi connectivity index (χ1v) is 5.26. The molecule has 3 nitrogen and oxygen atoms in total. The van der Waals surface area contributed by atoms with Crippen molar-refractivity contribution in [1.82, 2.24) is 4.90 Å². The first kappa shape index (κ1) is 12.3. The predicted octanol–water partition coefficient (Wildman–Crippen LogP) is 1.61. The molecule has 0 amide bonds. The molecule has 0 aliphatic carbocycles. The summed E-state index contributed by atoms with van der Waals surface area (Å²) >= 11 is 5.84. The van der Waals surface area contributed by atoms with Gasteiger partial charge in [0.05, 0.1) is 6.04 Å².